The van der Waals surface area contributed by atoms with E-state index in [1.807, 2.05) is 19.1 Å². The first-order valence-electron chi connectivity index (χ1n) is 4.97. The highest BCUT2D eigenvalue weighted by Crippen LogP contribution is 2.62. The minimum atomic E-state index is -1.26. The maximum atomic E-state index is 8.80. The largest absolute Gasteiger partial charge is 0.340 e. The fraction of sp³-hybridized carbons (Fsp3) is 0.455. The Kier molecular flexibility index (Phi) is 2.83. The Hall–Kier alpha value is -0.480. The summed E-state index contributed by atoms with van der Waals surface area (Å²) < 4.78 is 4.00. The molecule has 1 atom stereocenters. The molecule has 1 unspecified atom stereocenters. The molecule has 1 heterocycles. The zero-order valence-corrected chi connectivity index (χ0v) is 10.5. The molecule has 0 bridgehead atoms. The van der Waals surface area contributed by atoms with Gasteiger partial charge in [-0.3, -0.25) is 0 Å². The molecule has 1 N–H and O–H groups in total. The van der Waals surface area contributed by atoms with E-state index in [0.717, 1.165) is 12.0 Å². The monoisotopic (exact) mass is 262 g/mol. The quantitative estimate of drug-likeness (QED) is 0.393. The number of alkyl halides is 2. The molecule has 0 saturated carbocycles. The van der Waals surface area contributed by atoms with Gasteiger partial charge in [-0.2, -0.15) is 0 Å². The Balaban J connectivity index is 2.47. The van der Waals surface area contributed by atoms with Crippen LogP contribution in [0, 0.1) is 0 Å². The van der Waals surface area contributed by atoms with E-state index in [1.54, 1.807) is 13.0 Å². The molecule has 0 amide bonds. The summed E-state index contributed by atoms with van der Waals surface area (Å²) in [7, 11) is 0. The van der Waals surface area contributed by atoms with Gasteiger partial charge in [0.1, 0.15) is 0 Å². The van der Waals surface area contributed by atoms with Crippen molar-refractivity contribution < 1.29 is 14.9 Å². The highest BCUT2D eigenvalue weighted by atomic mass is 35.5. The van der Waals surface area contributed by atoms with Crippen LogP contribution in [-0.4, -0.2) is 9.78 Å². The van der Waals surface area contributed by atoms with E-state index >= 15 is 0 Å². The molecular formula is C11H12Cl2O3. The molecule has 0 radical (unpaired) electrons. The van der Waals surface area contributed by atoms with Crippen molar-refractivity contribution in [1.82, 2.24) is 0 Å². The number of hydrogen-bond donors (Lipinski definition) is 1. The van der Waals surface area contributed by atoms with Crippen molar-refractivity contribution in [2.45, 2.75) is 30.4 Å². The summed E-state index contributed by atoms with van der Waals surface area (Å²) in [6.45, 7) is 3.79. The summed E-state index contributed by atoms with van der Waals surface area (Å²) >= 11 is 11.8. The van der Waals surface area contributed by atoms with Crippen molar-refractivity contribution >= 4 is 23.2 Å². The van der Waals surface area contributed by atoms with Gasteiger partial charge in [0.15, 0.2) is 11.4 Å². The van der Waals surface area contributed by atoms with Crippen molar-refractivity contribution in [2.75, 3.05) is 0 Å². The van der Waals surface area contributed by atoms with Crippen LogP contribution < -0.4 is 4.89 Å². The zero-order chi connectivity index (χ0) is 12.0. The van der Waals surface area contributed by atoms with E-state index in [2.05, 4.69) is 4.89 Å². The molecule has 1 aliphatic rings. The van der Waals surface area contributed by atoms with Crippen molar-refractivity contribution in [3.8, 4) is 5.75 Å². The summed E-state index contributed by atoms with van der Waals surface area (Å²) in [5.41, 5.74) is 0.912. The fourth-order valence-corrected chi connectivity index (χ4v) is 2.20. The smallest absolute Gasteiger partial charge is 0.252 e. The number of halogens is 2. The van der Waals surface area contributed by atoms with Crippen LogP contribution in [0.15, 0.2) is 18.2 Å². The molecule has 1 aliphatic heterocycles. The molecule has 1 aromatic carbocycles. The van der Waals surface area contributed by atoms with Crippen LogP contribution in [0.4, 0.5) is 0 Å². The SMILES string of the molecule is CCc1ccc(OO)c(C2(C)OC2(Cl)Cl)c1. The second-order valence-electron chi connectivity index (χ2n) is 3.93. The van der Waals surface area contributed by atoms with E-state index in [0.29, 0.717) is 11.3 Å². The zero-order valence-electron chi connectivity index (χ0n) is 8.96. The van der Waals surface area contributed by atoms with Gasteiger partial charge in [0.25, 0.3) is 4.52 Å². The number of ether oxygens (including phenoxy) is 1. The van der Waals surface area contributed by atoms with Crippen LogP contribution in [-0.2, 0) is 16.8 Å². The predicted molar refractivity (Wildman–Crippen MR) is 62.0 cm³/mol. The van der Waals surface area contributed by atoms with E-state index in [4.69, 9.17) is 33.2 Å². The van der Waals surface area contributed by atoms with Crippen LogP contribution >= 0.6 is 23.2 Å². The first-order chi connectivity index (χ1) is 7.44. The molecule has 1 fully saturated rings. The molecule has 0 aromatic heterocycles. The average molecular weight is 263 g/mol. The molecule has 1 saturated heterocycles. The molecule has 0 spiro atoms. The minimum absolute atomic E-state index is 0.308. The molecule has 2 rings (SSSR count). The number of hydrogen-bond acceptors (Lipinski definition) is 3. The Bertz CT molecular complexity index is 420. The lowest BCUT2D eigenvalue weighted by Crippen LogP contribution is -2.12. The van der Waals surface area contributed by atoms with E-state index in [9.17, 15) is 0 Å². The lowest BCUT2D eigenvalue weighted by Gasteiger charge is -2.12. The summed E-state index contributed by atoms with van der Waals surface area (Å²) in [5, 5.41) is 8.80. The van der Waals surface area contributed by atoms with Gasteiger partial charge in [-0.05, 0) is 31.0 Å². The molecule has 5 heteroatoms. The lowest BCUT2D eigenvalue weighted by molar-refractivity contribution is -0.139. The van der Waals surface area contributed by atoms with Crippen LogP contribution in [0.25, 0.3) is 0 Å². The first kappa shape index (κ1) is 12.0. The second-order valence-corrected chi connectivity index (χ2v) is 5.19. The third kappa shape index (κ3) is 1.68. The molecule has 0 aliphatic carbocycles. The number of rotatable bonds is 3. The number of epoxide rings is 1. The Morgan fingerprint density at radius 3 is 2.50 bits per heavy atom. The first-order valence-corrected chi connectivity index (χ1v) is 5.73. The topological polar surface area (TPSA) is 42.0 Å². The molecule has 1 aromatic rings. The number of aryl methyl sites for hydroxylation is 1. The minimum Gasteiger partial charge on any atom is -0.340 e. The van der Waals surface area contributed by atoms with Crippen LogP contribution in [0.5, 0.6) is 5.75 Å². The summed E-state index contributed by atoms with van der Waals surface area (Å²) in [6.07, 6.45) is 0.867. The van der Waals surface area contributed by atoms with Crippen molar-refractivity contribution in [2.24, 2.45) is 0 Å². The van der Waals surface area contributed by atoms with Gasteiger partial charge in [0.2, 0.25) is 0 Å². The third-order valence-corrected chi connectivity index (χ3v) is 3.79. The second kappa shape index (κ2) is 3.77. The molecule has 3 nitrogen and oxygen atoms in total. The summed E-state index contributed by atoms with van der Waals surface area (Å²) in [5.74, 6) is 0.308. The van der Waals surface area contributed by atoms with Crippen molar-refractivity contribution in [3.63, 3.8) is 0 Å². The molecular weight excluding hydrogens is 251 g/mol. The van der Waals surface area contributed by atoms with Gasteiger partial charge < -0.3 is 9.62 Å². The standard InChI is InChI=1S/C11H12Cl2O3/c1-3-7-4-5-9(15-14)8(6-7)10(2)11(12,13)16-10/h4-6,14H,3H2,1-2H3. The van der Waals surface area contributed by atoms with Crippen LogP contribution in [0.1, 0.15) is 25.0 Å². The lowest BCUT2D eigenvalue weighted by atomic mass is 9.97. The Morgan fingerprint density at radius 1 is 1.44 bits per heavy atom. The maximum absolute atomic E-state index is 8.80. The van der Waals surface area contributed by atoms with Gasteiger partial charge in [0.05, 0.1) is 0 Å². The van der Waals surface area contributed by atoms with Crippen LogP contribution in [0.2, 0.25) is 0 Å². The molecule has 88 valence electrons. The highest BCUT2D eigenvalue weighted by molar-refractivity contribution is 6.50. The maximum Gasteiger partial charge on any atom is 0.252 e. The van der Waals surface area contributed by atoms with Gasteiger partial charge in [-0.1, -0.05) is 36.2 Å². The van der Waals surface area contributed by atoms with E-state index in [1.165, 1.54) is 0 Å². The van der Waals surface area contributed by atoms with Crippen molar-refractivity contribution in [1.29, 1.82) is 0 Å². The summed E-state index contributed by atoms with van der Waals surface area (Å²) in [6, 6.07) is 5.41. The average Bonchev–Trinajstić information content (AvgIpc) is 2.78. The fourth-order valence-electron chi connectivity index (χ4n) is 1.69. The van der Waals surface area contributed by atoms with Gasteiger partial charge in [-0.25, -0.2) is 5.26 Å². The summed E-state index contributed by atoms with van der Waals surface area (Å²) in [4.78, 5) is 4.31. The Morgan fingerprint density at radius 2 is 2.06 bits per heavy atom. The van der Waals surface area contributed by atoms with E-state index < -0.39 is 10.1 Å². The van der Waals surface area contributed by atoms with Gasteiger partial charge >= 0.3 is 0 Å². The Labute approximate surface area is 104 Å². The molecule has 16 heavy (non-hydrogen) atoms. The van der Waals surface area contributed by atoms with Gasteiger partial charge in [-0.15, -0.1) is 0 Å². The normalized spacial score (nSPS) is 26.6. The van der Waals surface area contributed by atoms with Crippen LogP contribution in [0.3, 0.4) is 0 Å². The van der Waals surface area contributed by atoms with Gasteiger partial charge in [0, 0.05) is 5.56 Å². The van der Waals surface area contributed by atoms with E-state index in [-0.39, 0.29) is 0 Å². The van der Waals surface area contributed by atoms with Crippen molar-refractivity contribution in [3.05, 3.63) is 29.3 Å². The number of benzene rings is 1. The predicted octanol–water partition coefficient (Wildman–Crippen LogP) is 3.48. The highest BCUT2D eigenvalue weighted by Gasteiger charge is 2.68. The third-order valence-electron chi connectivity index (χ3n) is 2.91.